The van der Waals surface area contributed by atoms with E-state index in [0.717, 1.165) is 5.56 Å². The zero-order valence-electron chi connectivity index (χ0n) is 12.7. The number of urea groups is 1. The number of likely N-dealkylation sites (N-methyl/N-ethyl adjacent to an activating group) is 1. The lowest BCUT2D eigenvalue weighted by atomic mass is 10.2. The van der Waals surface area contributed by atoms with E-state index in [1.807, 2.05) is 30.3 Å². The van der Waals surface area contributed by atoms with Crippen LogP contribution >= 0.6 is 0 Å². The summed E-state index contributed by atoms with van der Waals surface area (Å²) >= 11 is 0. The van der Waals surface area contributed by atoms with Crippen LogP contribution in [0.2, 0.25) is 0 Å². The Hall–Kier alpha value is -3.02. The fraction of sp³-hybridized carbons (Fsp3) is 0.176. The van der Waals surface area contributed by atoms with Crippen LogP contribution in [0.1, 0.15) is 5.56 Å². The summed E-state index contributed by atoms with van der Waals surface area (Å²) < 4.78 is 5.35. The van der Waals surface area contributed by atoms with Crippen LogP contribution in [0, 0.1) is 0 Å². The number of carbonyl (C=O) groups excluding carboxylic acids is 2. The third-order valence-electron chi connectivity index (χ3n) is 3.60. The van der Waals surface area contributed by atoms with Crippen molar-refractivity contribution in [1.29, 1.82) is 0 Å². The quantitative estimate of drug-likeness (QED) is 0.914. The number of fused-ring (bicyclic) bond motifs is 1. The van der Waals surface area contributed by atoms with E-state index in [1.54, 1.807) is 25.2 Å². The SMILES string of the molecule is CN1C(=O)COc2ccc(NC(=O)NCc3ccccc3)cc21. The van der Waals surface area contributed by atoms with Crippen LogP contribution in [0.15, 0.2) is 48.5 Å². The Kier molecular flexibility index (Phi) is 4.14. The van der Waals surface area contributed by atoms with E-state index in [1.165, 1.54) is 4.90 Å². The number of amides is 3. The maximum atomic E-state index is 12.0. The number of anilines is 2. The second kappa shape index (κ2) is 6.39. The van der Waals surface area contributed by atoms with E-state index >= 15 is 0 Å². The minimum absolute atomic E-state index is 0.0356. The van der Waals surface area contributed by atoms with Gasteiger partial charge in [-0.15, -0.1) is 0 Å². The molecule has 0 atom stereocenters. The van der Waals surface area contributed by atoms with Gasteiger partial charge in [0.2, 0.25) is 0 Å². The monoisotopic (exact) mass is 311 g/mol. The van der Waals surface area contributed by atoms with Gasteiger partial charge in [0.15, 0.2) is 6.61 Å². The van der Waals surface area contributed by atoms with Crippen molar-refractivity contribution in [3.8, 4) is 5.75 Å². The molecule has 0 aromatic heterocycles. The predicted octanol–water partition coefficient (Wildman–Crippen LogP) is 2.36. The average Bonchev–Trinajstić information content (AvgIpc) is 2.58. The molecule has 3 amide bonds. The first kappa shape index (κ1) is 14.9. The van der Waals surface area contributed by atoms with E-state index in [4.69, 9.17) is 4.74 Å². The Bertz CT molecular complexity index is 731. The van der Waals surface area contributed by atoms with Crippen molar-refractivity contribution in [3.05, 3.63) is 54.1 Å². The first-order chi connectivity index (χ1) is 11.1. The fourth-order valence-electron chi connectivity index (χ4n) is 2.30. The molecule has 1 aliphatic rings. The predicted molar refractivity (Wildman–Crippen MR) is 87.6 cm³/mol. The zero-order valence-corrected chi connectivity index (χ0v) is 12.7. The molecule has 0 unspecified atom stereocenters. The van der Waals surface area contributed by atoms with Gasteiger partial charge in [0.25, 0.3) is 5.91 Å². The van der Waals surface area contributed by atoms with Crippen LogP contribution in [0.4, 0.5) is 16.2 Å². The Morgan fingerprint density at radius 3 is 2.78 bits per heavy atom. The molecule has 2 aromatic carbocycles. The minimum Gasteiger partial charge on any atom is -0.482 e. The lowest BCUT2D eigenvalue weighted by molar-refractivity contribution is -0.120. The summed E-state index contributed by atoms with van der Waals surface area (Å²) in [4.78, 5) is 25.1. The number of ether oxygens (including phenoxy) is 1. The summed E-state index contributed by atoms with van der Waals surface area (Å²) in [5.74, 6) is 0.505. The first-order valence-electron chi connectivity index (χ1n) is 7.25. The average molecular weight is 311 g/mol. The van der Waals surface area contributed by atoms with Crippen molar-refractivity contribution in [2.24, 2.45) is 0 Å². The van der Waals surface area contributed by atoms with E-state index in [0.29, 0.717) is 23.7 Å². The molecule has 6 heteroatoms. The molecule has 2 aromatic rings. The summed E-state index contributed by atoms with van der Waals surface area (Å²) in [6.45, 7) is 0.479. The minimum atomic E-state index is -0.306. The Morgan fingerprint density at radius 2 is 2.00 bits per heavy atom. The van der Waals surface area contributed by atoms with Gasteiger partial charge in [0, 0.05) is 19.3 Å². The number of hydrogen-bond donors (Lipinski definition) is 2. The van der Waals surface area contributed by atoms with Crippen molar-refractivity contribution in [1.82, 2.24) is 5.32 Å². The molecule has 6 nitrogen and oxygen atoms in total. The van der Waals surface area contributed by atoms with Crippen molar-refractivity contribution < 1.29 is 14.3 Å². The molecule has 0 aliphatic carbocycles. The highest BCUT2D eigenvalue weighted by atomic mass is 16.5. The van der Waals surface area contributed by atoms with Crippen LogP contribution in [-0.4, -0.2) is 25.6 Å². The summed E-state index contributed by atoms with van der Waals surface area (Å²) in [6.07, 6.45) is 0. The molecule has 1 heterocycles. The molecular weight excluding hydrogens is 294 g/mol. The van der Waals surface area contributed by atoms with Gasteiger partial charge >= 0.3 is 6.03 Å². The molecule has 3 rings (SSSR count). The molecule has 2 N–H and O–H groups in total. The molecule has 0 spiro atoms. The highest BCUT2D eigenvalue weighted by molar-refractivity contribution is 5.99. The van der Waals surface area contributed by atoms with Crippen LogP contribution < -0.4 is 20.3 Å². The largest absolute Gasteiger partial charge is 0.482 e. The number of benzene rings is 2. The third kappa shape index (κ3) is 3.42. The molecule has 0 bridgehead atoms. The van der Waals surface area contributed by atoms with E-state index in [9.17, 15) is 9.59 Å². The van der Waals surface area contributed by atoms with Crippen molar-refractivity contribution in [3.63, 3.8) is 0 Å². The number of nitrogens with one attached hydrogen (secondary N) is 2. The molecule has 0 saturated heterocycles. The fourth-order valence-corrected chi connectivity index (χ4v) is 2.30. The normalized spacial score (nSPS) is 13.1. The summed E-state index contributed by atoms with van der Waals surface area (Å²) in [5.41, 5.74) is 2.26. The van der Waals surface area contributed by atoms with Gasteiger partial charge in [0.05, 0.1) is 5.69 Å². The zero-order chi connectivity index (χ0) is 16.2. The van der Waals surface area contributed by atoms with Gasteiger partial charge in [-0.25, -0.2) is 4.79 Å². The van der Waals surface area contributed by atoms with Crippen LogP contribution in [-0.2, 0) is 11.3 Å². The Morgan fingerprint density at radius 1 is 1.22 bits per heavy atom. The molecular formula is C17H17N3O3. The summed E-state index contributed by atoms with van der Waals surface area (Å²) in [5, 5.41) is 5.54. The van der Waals surface area contributed by atoms with E-state index < -0.39 is 0 Å². The van der Waals surface area contributed by atoms with Crippen molar-refractivity contribution >= 4 is 23.3 Å². The molecule has 1 aliphatic heterocycles. The highest BCUT2D eigenvalue weighted by Gasteiger charge is 2.22. The Balaban J connectivity index is 1.64. The first-order valence-corrected chi connectivity index (χ1v) is 7.25. The van der Waals surface area contributed by atoms with Crippen LogP contribution in [0.5, 0.6) is 5.75 Å². The van der Waals surface area contributed by atoms with Gasteiger partial charge < -0.3 is 20.3 Å². The summed E-state index contributed by atoms with van der Waals surface area (Å²) in [6, 6.07) is 14.5. The lowest BCUT2D eigenvalue weighted by Gasteiger charge is -2.26. The molecule has 0 fully saturated rings. The topological polar surface area (TPSA) is 70.7 Å². The lowest BCUT2D eigenvalue weighted by Crippen LogP contribution is -2.35. The van der Waals surface area contributed by atoms with Gasteiger partial charge in [-0.1, -0.05) is 30.3 Å². The van der Waals surface area contributed by atoms with E-state index in [-0.39, 0.29) is 18.5 Å². The van der Waals surface area contributed by atoms with E-state index in [2.05, 4.69) is 10.6 Å². The number of nitrogens with zero attached hydrogens (tertiary/aromatic N) is 1. The van der Waals surface area contributed by atoms with Crippen LogP contribution in [0.25, 0.3) is 0 Å². The van der Waals surface area contributed by atoms with Crippen molar-refractivity contribution in [2.75, 3.05) is 23.9 Å². The second-order valence-corrected chi connectivity index (χ2v) is 5.22. The standard InChI is InChI=1S/C17H17N3O3/c1-20-14-9-13(7-8-15(14)23-11-16(20)21)19-17(22)18-10-12-5-3-2-4-6-12/h2-9H,10-11H2,1H3,(H2,18,19,22). The molecule has 0 saturated carbocycles. The molecule has 0 radical (unpaired) electrons. The second-order valence-electron chi connectivity index (χ2n) is 5.22. The van der Waals surface area contributed by atoms with Gasteiger partial charge in [-0.2, -0.15) is 0 Å². The maximum absolute atomic E-state index is 12.0. The summed E-state index contributed by atoms with van der Waals surface area (Å²) in [7, 11) is 1.68. The van der Waals surface area contributed by atoms with Crippen LogP contribution in [0.3, 0.4) is 0 Å². The van der Waals surface area contributed by atoms with Gasteiger partial charge in [-0.05, 0) is 23.8 Å². The number of hydrogen-bond acceptors (Lipinski definition) is 3. The third-order valence-corrected chi connectivity index (χ3v) is 3.60. The van der Waals surface area contributed by atoms with Gasteiger partial charge in [-0.3, -0.25) is 4.79 Å². The van der Waals surface area contributed by atoms with Crippen molar-refractivity contribution in [2.45, 2.75) is 6.54 Å². The highest BCUT2D eigenvalue weighted by Crippen LogP contribution is 2.33. The Labute approximate surface area is 134 Å². The number of carbonyl (C=O) groups is 2. The number of rotatable bonds is 3. The molecule has 118 valence electrons. The van der Waals surface area contributed by atoms with Gasteiger partial charge in [0.1, 0.15) is 5.75 Å². The smallest absolute Gasteiger partial charge is 0.319 e. The maximum Gasteiger partial charge on any atom is 0.319 e. The molecule has 23 heavy (non-hydrogen) atoms.